The van der Waals surface area contributed by atoms with Crippen LogP contribution in [-0.4, -0.2) is 34.6 Å². The van der Waals surface area contributed by atoms with E-state index in [4.69, 9.17) is 0 Å². The second-order valence-corrected chi connectivity index (χ2v) is 12.3. The summed E-state index contributed by atoms with van der Waals surface area (Å²) < 4.78 is 1.99. The minimum atomic E-state index is -0.581. The Balaban J connectivity index is 1.56. The maximum absolute atomic E-state index is 13.8. The van der Waals surface area contributed by atoms with E-state index < -0.39 is 6.04 Å². The zero-order valence-corrected chi connectivity index (χ0v) is 24.7. The molecule has 0 bridgehead atoms. The number of carbonyl (C=O) groups excluding carboxylic acids is 2. The van der Waals surface area contributed by atoms with Crippen LogP contribution in [0.5, 0.6) is 0 Å². The Hall–Kier alpha value is -2.09. The second kappa shape index (κ2) is 14.2. The van der Waals surface area contributed by atoms with E-state index in [1.807, 2.05) is 66.7 Å². The van der Waals surface area contributed by atoms with E-state index in [0.717, 1.165) is 51.5 Å². The van der Waals surface area contributed by atoms with Crippen molar-refractivity contribution in [3.05, 3.63) is 104 Å². The average molecular weight is 644 g/mol. The fraction of sp³-hybridized carbons (Fsp3) is 0.333. The molecule has 0 aromatic heterocycles. The van der Waals surface area contributed by atoms with E-state index in [1.54, 1.807) is 16.7 Å². The molecule has 0 heterocycles. The lowest BCUT2D eigenvalue weighted by Gasteiger charge is -2.32. The molecule has 0 unspecified atom stereocenters. The molecular formula is C30H32Br2N2O2S. The fourth-order valence-electron chi connectivity index (χ4n) is 4.67. The van der Waals surface area contributed by atoms with Gasteiger partial charge in [0.15, 0.2) is 0 Å². The highest BCUT2D eigenvalue weighted by atomic mass is 79.9. The van der Waals surface area contributed by atoms with Crippen molar-refractivity contribution in [2.75, 3.05) is 5.75 Å². The largest absolute Gasteiger partial charge is 0.352 e. The summed E-state index contributed by atoms with van der Waals surface area (Å²) in [4.78, 5) is 29.2. The Morgan fingerprint density at radius 2 is 1.57 bits per heavy atom. The number of benzene rings is 3. The minimum Gasteiger partial charge on any atom is -0.352 e. The van der Waals surface area contributed by atoms with E-state index in [-0.39, 0.29) is 17.9 Å². The molecule has 1 aliphatic carbocycles. The summed E-state index contributed by atoms with van der Waals surface area (Å²) >= 11 is 8.60. The van der Waals surface area contributed by atoms with Crippen LogP contribution >= 0.6 is 43.6 Å². The third kappa shape index (κ3) is 8.72. The summed E-state index contributed by atoms with van der Waals surface area (Å²) in [5, 5.41) is 3.27. The van der Waals surface area contributed by atoms with Crippen molar-refractivity contribution in [1.82, 2.24) is 10.2 Å². The molecule has 7 heteroatoms. The van der Waals surface area contributed by atoms with Crippen LogP contribution < -0.4 is 5.32 Å². The number of hydrogen-bond donors (Lipinski definition) is 1. The zero-order valence-electron chi connectivity index (χ0n) is 20.7. The number of thioether (sulfide) groups is 1. The molecule has 0 spiro atoms. The third-order valence-corrected chi connectivity index (χ3v) is 8.63. The first-order valence-corrected chi connectivity index (χ1v) is 15.4. The van der Waals surface area contributed by atoms with Gasteiger partial charge in [0.05, 0.1) is 5.75 Å². The summed E-state index contributed by atoms with van der Waals surface area (Å²) in [6.45, 7) is 0.382. The minimum absolute atomic E-state index is 0.0235. The van der Waals surface area contributed by atoms with Crippen molar-refractivity contribution in [2.45, 2.75) is 56.5 Å². The lowest BCUT2D eigenvalue weighted by Crippen LogP contribution is -2.52. The highest BCUT2D eigenvalue weighted by Crippen LogP contribution is 2.22. The van der Waals surface area contributed by atoms with Crippen molar-refractivity contribution in [2.24, 2.45) is 0 Å². The molecule has 3 aromatic rings. The third-order valence-electron chi connectivity index (χ3n) is 6.62. The predicted octanol–water partition coefficient (Wildman–Crippen LogP) is 7.14. The topological polar surface area (TPSA) is 49.4 Å². The molecular weight excluding hydrogens is 612 g/mol. The standard InChI is InChI=1S/C30H32Br2N2O2S/c31-25-15-13-23(14-16-25)20-37-21-29(35)34(19-24-9-6-10-26(32)17-24)28(18-22-7-2-1-3-8-22)30(36)33-27-11-4-5-12-27/h1-3,6-10,13-17,27-28H,4-5,11-12,18-21H2,(H,33,36)/t28-/m1/s1. The van der Waals surface area contributed by atoms with Gasteiger partial charge in [-0.3, -0.25) is 9.59 Å². The quantitative estimate of drug-likeness (QED) is 0.242. The Bertz CT molecular complexity index is 1170. The van der Waals surface area contributed by atoms with Crippen molar-refractivity contribution < 1.29 is 9.59 Å². The van der Waals surface area contributed by atoms with Gasteiger partial charge in [-0.2, -0.15) is 0 Å². The molecule has 1 saturated carbocycles. The molecule has 2 amide bonds. The predicted molar refractivity (Wildman–Crippen MR) is 159 cm³/mol. The zero-order chi connectivity index (χ0) is 26.0. The Labute approximate surface area is 240 Å². The van der Waals surface area contributed by atoms with Crippen LogP contribution in [0.15, 0.2) is 87.8 Å². The van der Waals surface area contributed by atoms with E-state index in [1.165, 1.54) is 5.56 Å². The number of nitrogens with zero attached hydrogens (tertiary/aromatic N) is 1. The fourth-order valence-corrected chi connectivity index (χ4v) is 6.25. The van der Waals surface area contributed by atoms with E-state index >= 15 is 0 Å². The van der Waals surface area contributed by atoms with E-state index in [9.17, 15) is 9.59 Å². The first-order chi connectivity index (χ1) is 18.0. The summed E-state index contributed by atoms with van der Waals surface area (Å²) in [5.41, 5.74) is 3.20. The molecule has 37 heavy (non-hydrogen) atoms. The molecule has 1 fully saturated rings. The first kappa shape index (κ1) is 27.9. The van der Waals surface area contributed by atoms with Crippen LogP contribution in [-0.2, 0) is 28.3 Å². The van der Waals surface area contributed by atoms with E-state index in [0.29, 0.717) is 18.7 Å². The Morgan fingerprint density at radius 3 is 2.27 bits per heavy atom. The highest BCUT2D eigenvalue weighted by molar-refractivity contribution is 9.10. The van der Waals surface area contributed by atoms with Crippen molar-refractivity contribution in [3.63, 3.8) is 0 Å². The van der Waals surface area contributed by atoms with Gasteiger partial charge in [0.1, 0.15) is 6.04 Å². The molecule has 1 aliphatic rings. The highest BCUT2D eigenvalue weighted by Gasteiger charge is 2.32. The number of carbonyl (C=O) groups is 2. The van der Waals surface area contributed by atoms with Gasteiger partial charge in [-0.15, -0.1) is 11.8 Å². The van der Waals surface area contributed by atoms with Gasteiger partial charge in [0.2, 0.25) is 11.8 Å². The van der Waals surface area contributed by atoms with Gasteiger partial charge >= 0.3 is 0 Å². The molecule has 1 N–H and O–H groups in total. The van der Waals surface area contributed by atoms with Crippen molar-refractivity contribution in [1.29, 1.82) is 0 Å². The maximum Gasteiger partial charge on any atom is 0.243 e. The van der Waals surface area contributed by atoms with Crippen LogP contribution in [0.3, 0.4) is 0 Å². The van der Waals surface area contributed by atoms with E-state index in [2.05, 4.69) is 49.3 Å². The van der Waals surface area contributed by atoms with Gasteiger partial charge in [-0.05, 0) is 53.8 Å². The second-order valence-electron chi connectivity index (χ2n) is 9.47. The van der Waals surface area contributed by atoms with Crippen LogP contribution in [0.1, 0.15) is 42.4 Å². The molecule has 194 valence electrons. The summed E-state index contributed by atoms with van der Waals surface area (Å²) in [5.74, 6) is 0.967. The molecule has 0 radical (unpaired) electrons. The lowest BCUT2D eigenvalue weighted by molar-refractivity contribution is -0.139. The number of nitrogens with one attached hydrogen (secondary N) is 1. The summed E-state index contributed by atoms with van der Waals surface area (Å²) in [6, 6.07) is 25.7. The van der Waals surface area contributed by atoms with Crippen LogP contribution in [0.25, 0.3) is 0 Å². The normalized spacial score (nSPS) is 14.3. The molecule has 0 aliphatic heterocycles. The number of halogens is 2. The molecule has 3 aromatic carbocycles. The summed E-state index contributed by atoms with van der Waals surface area (Å²) in [6.07, 6.45) is 4.78. The Kier molecular flexibility index (Phi) is 10.7. The van der Waals surface area contributed by atoms with Crippen molar-refractivity contribution in [3.8, 4) is 0 Å². The van der Waals surface area contributed by atoms with Gasteiger partial charge in [0.25, 0.3) is 0 Å². The van der Waals surface area contributed by atoms with Crippen molar-refractivity contribution >= 4 is 55.4 Å². The first-order valence-electron chi connectivity index (χ1n) is 12.7. The monoisotopic (exact) mass is 642 g/mol. The van der Waals surface area contributed by atoms with Gasteiger partial charge in [-0.25, -0.2) is 0 Å². The SMILES string of the molecule is O=C(NC1CCCC1)[C@@H](Cc1ccccc1)N(Cc1cccc(Br)c1)C(=O)CSCc1ccc(Br)cc1. The molecule has 4 nitrogen and oxygen atoms in total. The molecule has 4 rings (SSSR count). The summed E-state index contributed by atoms with van der Waals surface area (Å²) in [7, 11) is 0. The van der Waals surface area contributed by atoms with Crippen LogP contribution in [0, 0.1) is 0 Å². The van der Waals surface area contributed by atoms with Gasteiger partial charge < -0.3 is 10.2 Å². The smallest absolute Gasteiger partial charge is 0.243 e. The lowest BCUT2D eigenvalue weighted by atomic mass is 10.0. The number of hydrogen-bond acceptors (Lipinski definition) is 3. The van der Waals surface area contributed by atoms with Crippen LogP contribution in [0.4, 0.5) is 0 Å². The van der Waals surface area contributed by atoms with Gasteiger partial charge in [0, 0.05) is 33.7 Å². The molecule has 0 saturated heterocycles. The maximum atomic E-state index is 13.8. The van der Waals surface area contributed by atoms with Gasteiger partial charge in [-0.1, -0.05) is 99.3 Å². The Morgan fingerprint density at radius 1 is 0.865 bits per heavy atom. The average Bonchev–Trinajstić information content (AvgIpc) is 3.41. The molecule has 1 atom stereocenters. The number of amides is 2. The number of rotatable bonds is 11. The van der Waals surface area contributed by atoms with Crippen LogP contribution in [0.2, 0.25) is 0 Å².